The molecule has 2 aromatic rings. The van der Waals surface area contributed by atoms with Gasteiger partial charge in [0.2, 0.25) is 11.8 Å². The first kappa shape index (κ1) is 19.3. The van der Waals surface area contributed by atoms with Crippen LogP contribution in [0, 0.1) is 25.7 Å². The van der Waals surface area contributed by atoms with Crippen molar-refractivity contribution in [2.75, 3.05) is 31.1 Å². The lowest BCUT2D eigenvalue weighted by molar-refractivity contribution is 0.0686. The molecule has 5 rings (SSSR count). The van der Waals surface area contributed by atoms with Crippen molar-refractivity contribution in [3.05, 3.63) is 41.3 Å². The summed E-state index contributed by atoms with van der Waals surface area (Å²) in [6.07, 6.45) is 6.48. The molecule has 0 spiro atoms. The molecule has 0 aromatic carbocycles. The lowest BCUT2D eigenvalue weighted by Gasteiger charge is -2.33. The van der Waals surface area contributed by atoms with Crippen molar-refractivity contribution in [2.45, 2.75) is 45.6 Å². The number of anilines is 1. The second-order valence-corrected chi connectivity index (χ2v) is 9.03. The second kappa shape index (κ2) is 7.85. The van der Waals surface area contributed by atoms with Gasteiger partial charge in [0, 0.05) is 43.3 Å². The summed E-state index contributed by atoms with van der Waals surface area (Å²) >= 11 is 0. The van der Waals surface area contributed by atoms with Crippen LogP contribution in [0.2, 0.25) is 0 Å². The van der Waals surface area contributed by atoms with Gasteiger partial charge in [-0.05, 0) is 63.1 Å². The highest BCUT2D eigenvalue weighted by Gasteiger charge is 2.41. The number of amides is 1. The van der Waals surface area contributed by atoms with Gasteiger partial charge in [-0.25, -0.2) is 15.0 Å². The van der Waals surface area contributed by atoms with Crippen molar-refractivity contribution in [1.82, 2.24) is 19.9 Å². The van der Waals surface area contributed by atoms with Crippen LogP contribution in [0.4, 0.5) is 5.95 Å². The standard InChI is InChI=1S/C23H29N5O2/c1-15-9-16(2)26-23(25-15)28-12-18-10-19(28)13-27(11-18)22(29)20-7-4-8-24-21(20)30-14-17-5-3-6-17/h4,7-9,17-19H,3,5-6,10-14H2,1-2H3. The number of carbonyl (C=O) groups is 1. The SMILES string of the molecule is Cc1cc(C)nc(N2CC3CC2CN(C(=O)c2cccnc2OCC2CCC2)C3)n1. The summed E-state index contributed by atoms with van der Waals surface area (Å²) in [5.74, 6) is 2.33. The van der Waals surface area contributed by atoms with Crippen LogP contribution in [-0.4, -0.2) is 58.0 Å². The van der Waals surface area contributed by atoms with Gasteiger partial charge < -0.3 is 14.5 Å². The fourth-order valence-corrected chi connectivity index (χ4v) is 4.90. The third-order valence-corrected chi connectivity index (χ3v) is 6.61. The maximum Gasteiger partial charge on any atom is 0.259 e. The predicted octanol–water partition coefficient (Wildman–Crippen LogP) is 3.02. The third-order valence-electron chi connectivity index (χ3n) is 6.61. The number of fused-ring (bicyclic) bond motifs is 2. The largest absolute Gasteiger partial charge is 0.477 e. The van der Waals surface area contributed by atoms with Crippen LogP contribution in [0.25, 0.3) is 0 Å². The van der Waals surface area contributed by atoms with Gasteiger partial charge in [-0.15, -0.1) is 0 Å². The zero-order valence-corrected chi connectivity index (χ0v) is 17.8. The molecule has 30 heavy (non-hydrogen) atoms. The zero-order chi connectivity index (χ0) is 20.7. The summed E-state index contributed by atoms with van der Waals surface area (Å²) in [5.41, 5.74) is 2.54. The lowest BCUT2D eigenvalue weighted by atomic mass is 9.86. The van der Waals surface area contributed by atoms with Crippen molar-refractivity contribution in [3.63, 3.8) is 0 Å². The molecule has 2 atom stereocenters. The molecule has 3 aliphatic rings. The summed E-state index contributed by atoms with van der Waals surface area (Å²) in [6.45, 7) is 7.00. The average Bonchev–Trinajstić information content (AvgIpc) is 2.99. The van der Waals surface area contributed by atoms with Gasteiger partial charge in [0.05, 0.1) is 6.61 Å². The van der Waals surface area contributed by atoms with E-state index in [4.69, 9.17) is 4.74 Å². The van der Waals surface area contributed by atoms with Crippen molar-refractivity contribution in [2.24, 2.45) is 11.8 Å². The molecule has 0 N–H and O–H groups in total. The number of aryl methyl sites for hydroxylation is 2. The number of hydrogen-bond donors (Lipinski definition) is 0. The van der Waals surface area contributed by atoms with Gasteiger partial charge in [0.15, 0.2) is 0 Å². The van der Waals surface area contributed by atoms with E-state index in [0.717, 1.165) is 36.8 Å². The molecule has 2 bridgehead atoms. The normalized spacial score (nSPS) is 23.4. The molecule has 2 unspecified atom stereocenters. The third kappa shape index (κ3) is 3.73. The van der Waals surface area contributed by atoms with Gasteiger partial charge in [-0.2, -0.15) is 0 Å². The molecule has 158 valence electrons. The minimum Gasteiger partial charge on any atom is -0.477 e. The summed E-state index contributed by atoms with van der Waals surface area (Å²) in [4.78, 5) is 31.3. The number of likely N-dealkylation sites (tertiary alicyclic amines) is 1. The molecule has 2 aliphatic heterocycles. The summed E-state index contributed by atoms with van der Waals surface area (Å²) < 4.78 is 5.95. The maximum atomic E-state index is 13.4. The fourth-order valence-electron chi connectivity index (χ4n) is 4.90. The molecule has 3 fully saturated rings. The van der Waals surface area contributed by atoms with E-state index in [2.05, 4.69) is 19.9 Å². The van der Waals surface area contributed by atoms with Crippen LogP contribution in [0.5, 0.6) is 5.88 Å². The van der Waals surface area contributed by atoms with Gasteiger partial charge in [-0.3, -0.25) is 4.79 Å². The lowest BCUT2D eigenvalue weighted by Crippen LogP contribution is -2.45. The summed E-state index contributed by atoms with van der Waals surface area (Å²) in [6, 6.07) is 5.91. The van der Waals surface area contributed by atoms with E-state index in [0.29, 0.717) is 36.4 Å². The topological polar surface area (TPSA) is 71.5 Å². The first-order valence-electron chi connectivity index (χ1n) is 11.0. The number of nitrogens with zero attached hydrogens (tertiary/aromatic N) is 5. The monoisotopic (exact) mass is 407 g/mol. The highest BCUT2D eigenvalue weighted by Crippen LogP contribution is 2.34. The van der Waals surface area contributed by atoms with Crippen molar-refractivity contribution >= 4 is 11.9 Å². The van der Waals surface area contributed by atoms with Crippen LogP contribution in [-0.2, 0) is 0 Å². The van der Waals surface area contributed by atoms with Crippen LogP contribution in [0.1, 0.15) is 47.4 Å². The predicted molar refractivity (Wildman–Crippen MR) is 114 cm³/mol. The number of ether oxygens (including phenoxy) is 1. The molecule has 7 nitrogen and oxygen atoms in total. The van der Waals surface area contributed by atoms with Gasteiger partial charge in [0.1, 0.15) is 5.56 Å². The Morgan fingerprint density at radius 2 is 1.97 bits per heavy atom. The molecular formula is C23H29N5O2. The molecule has 1 amide bonds. The molecule has 2 saturated heterocycles. The van der Waals surface area contributed by atoms with Crippen molar-refractivity contribution in [1.29, 1.82) is 0 Å². The second-order valence-electron chi connectivity index (χ2n) is 9.03. The molecular weight excluding hydrogens is 378 g/mol. The summed E-state index contributed by atoms with van der Waals surface area (Å²) in [5, 5.41) is 0. The van der Waals surface area contributed by atoms with Crippen molar-refractivity contribution < 1.29 is 9.53 Å². The van der Waals surface area contributed by atoms with Crippen LogP contribution in [0.15, 0.2) is 24.4 Å². The van der Waals surface area contributed by atoms with E-state index in [-0.39, 0.29) is 11.9 Å². The number of pyridine rings is 1. The summed E-state index contributed by atoms with van der Waals surface area (Å²) in [7, 11) is 0. The van der Waals surface area contributed by atoms with E-state index in [9.17, 15) is 4.79 Å². The van der Waals surface area contributed by atoms with E-state index in [1.807, 2.05) is 36.9 Å². The number of carbonyl (C=O) groups excluding carboxylic acids is 1. The number of piperidine rings is 1. The Labute approximate surface area is 177 Å². The minimum absolute atomic E-state index is 0.0181. The van der Waals surface area contributed by atoms with Gasteiger partial charge in [-0.1, -0.05) is 6.42 Å². The van der Waals surface area contributed by atoms with Gasteiger partial charge >= 0.3 is 0 Å². The highest BCUT2D eigenvalue weighted by atomic mass is 16.5. The fraction of sp³-hybridized carbons (Fsp3) is 0.565. The Morgan fingerprint density at radius 3 is 2.70 bits per heavy atom. The molecule has 1 aliphatic carbocycles. The van der Waals surface area contributed by atoms with Gasteiger partial charge in [0.25, 0.3) is 5.91 Å². The van der Waals surface area contributed by atoms with E-state index in [1.54, 1.807) is 6.20 Å². The number of aromatic nitrogens is 3. The molecule has 0 radical (unpaired) electrons. The number of rotatable bonds is 5. The molecule has 4 heterocycles. The Kier molecular flexibility index (Phi) is 5.05. The first-order valence-corrected chi connectivity index (χ1v) is 11.0. The Bertz CT molecular complexity index is 925. The van der Waals surface area contributed by atoms with Crippen molar-refractivity contribution in [3.8, 4) is 5.88 Å². The first-order chi connectivity index (χ1) is 14.6. The molecule has 2 aromatic heterocycles. The van der Waals surface area contributed by atoms with Crippen LogP contribution >= 0.6 is 0 Å². The smallest absolute Gasteiger partial charge is 0.259 e. The average molecular weight is 408 g/mol. The Hall–Kier alpha value is -2.70. The maximum absolute atomic E-state index is 13.4. The van der Waals surface area contributed by atoms with E-state index < -0.39 is 0 Å². The van der Waals surface area contributed by atoms with E-state index in [1.165, 1.54) is 19.3 Å². The number of hydrogen-bond acceptors (Lipinski definition) is 6. The quantitative estimate of drug-likeness (QED) is 0.759. The Balaban J connectivity index is 1.31. The minimum atomic E-state index is 0.0181. The van der Waals surface area contributed by atoms with E-state index >= 15 is 0 Å². The van der Waals surface area contributed by atoms with Crippen LogP contribution < -0.4 is 9.64 Å². The zero-order valence-electron chi connectivity index (χ0n) is 17.8. The Morgan fingerprint density at radius 1 is 1.17 bits per heavy atom. The van der Waals surface area contributed by atoms with Crippen LogP contribution in [0.3, 0.4) is 0 Å². The molecule has 7 heteroatoms. The highest BCUT2D eigenvalue weighted by molar-refractivity contribution is 5.96. The molecule has 1 saturated carbocycles.